The van der Waals surface area contributed by atoms with Crippen LogP contribution in [0.1, 0.15) is 32.3 Å². The minimum absolute atomic E-state index is 0.412. The predicted molar refractivity (Wildman–Crippen MR) is 98.1 cm³/mol. The third-order valence-corrected chi connectivity index (χ3v) is 9.81. The lowest BCUT2D eigenvalue weighted by Crippen LogP contribution is -3.61. The van der Waals surface area contributed by atoms with Crippen LogP contribution in [-0.2, 0) is 9.84 Å². The molecule has 0 spiro atoms. The van der Waals surface area contributed by atoms with Crippen molar-refractivity contribution in [1.29, 1.82) is 0 Å². The van der Waals surface area contributed by atoms with Gasteiger partial charge in [-0.15, -0.1) is 0 Å². The van der Waals surface area contributed by atoms with E-state index in [0.717, 1.165) is 15.6 Å². The summed E-state index contributed by atoms with van der Waals surface area (Å²) >= 11 is -0.479. The molecule has 0 aromatic heterocycles. The summed E-state index contributed by atoms with van der Waals surface area (Å²) in [5, 5.41) is 0. The summed E-state index contributed by atoms with van der Waals surface area (Å²) in [6.45, 7) is 6.15. The van der Waals surface area contributed by atoms with Crippen LogP contribution >= 0.6 is 0 Å². The van der Waals surface area contributed by atoms with Gasteiger partial charge in [-0.1, -0.05) is 47.0 Å². The molecule has 2 aromatic rings. The number of allylic oxidation sites excluding steroid dienone is 4. The van der Waals surface area contributed by atoms with E-state index >= 15 is 0 Å². The minimum atomic E-state index is -3.43. The van der Waals surface area contributed by atoms with Crippen LogP contribution < -0.4 is 21.2 Å². The van der Waals surface area contributed by atoms with E-state index in [9.17, 15) is 8.42 Å². The zero-order valence-electron chi connectivity index (χ0n) is 14.7. The summed E-state index contributed by atoms with van der Waals surface area (Å²) in [6, 6.07) is 17.5. The second-order valence-electron chi connectivity index (χ2n) is 6.45. The normalized spacial score (nSPS) is 15.6. The summed E-state index contributed by atoms with van der Waals surface area (Å²) in [4.78, 5) is 1.05. The van der Waals surface area contributed by atoms with Crippen molar-refractivity contribution in [3.8, 4) is 0 Å². The Morgan fingerprint density at radius 1 is 0.800 bits per heavy atom. The monoisotopic (exact) mass is 465 g/mol. The van der Waals surface area contributed by atoms with Gasteiger partial charge in [-0.2, -0.15) is 0 Å². The van der Waals surface area contributed by atoms with Gasteiger partial charge in [-0.05, 0) is 45.0 Å². The van der Waals surface area contributed by atoms with Gasteiger partial charge >= 0.3 is 21.2 Å². The van der Waals surface area contributed by atoms with Gasteiger partial charge in [0.05, 0.1) is 4.90 Å². The molecule has 0 aliphatic heterocycles. The number of hydrogen-bond acceptors (Lipinski definition) is 2. The van der Waals surface area contributed by atoms with Crippen LogP contribution in [0.4, 0.5) is 0 Å². The summed E-state index contributed by atoms with van der Waals surface area (Å²) < 4.78 is 29.0. The molecule has 0 bridgehead atoms. The first-order valence-electron chi connectivity index (χ1n) is 8.27. The molecule has 0 heterocycles. The Balaban J connectivity index is 2.06. The molecule has 0 N–H and O–H groups in total. The quantitative estimate of drug-likeness (QED) is 0.512. The maximum absolute atomic E-state index is 13.3. The summed E-state index contributed by atoms with van der Waals surface area (Å²) in [7, 11) is -3.43. The Morgan fingerprint density at radius 2 is 1.40 bits per heavy atom. The molecular weight excluding hydrogens is 443 g/mol. The zero-order chi connectivity index (χ0) is 18.0. The van der Waals surface area contributed by atoms with Gasteiger partial charge in [0.15, 0.2) is 7.15 Å². The smallest absolute Gasteiger partial charge is 0.219 e. The standard InChI is InChI=1S/C21H22IO2S/c1-15-9-11-19(12-10-15)25(23,24)21-14-17(3)16(2)13-20(21)22-18-7-5-4-6-8-18/h4-12H,13-14H2,1-3H3/q+1. The molecule has 25 heavy (non-hydrogen) atoms. The molecule has 3 rings (SSSR count). The van der Waals surface area contributed by atoms with E-state index in [1.807, 2.05) is 37.3 Å². The number of rotatable bonds is 4. The second kappa shape index (κ2) is 7.46. The van der Waals surface area contributed by atoms with Crippen LogP contribution in [-0.4, -0.2) is 8.42 Å². The third-order valence-electron chi connectivity index (χ3n) is 4.49. The van der Waals surface area contributed by atoms with Crippen LogP contribution in [0.15, 0.2) is 79.1 Å². The van der Waals surface area contributed by atoms with Gasteiger partial charge in [0, 0.05) is 12.8 Å². The molecule has 2 aromatic carbocycles. The van der Waals surface area contributed by atoms with E-state index in [0.29, 0.717) is 16.2 Å². The Kier molecular flexibility index (Phi) is 5.49. The summed E-state index contributed by atoms with van der Waals surface area (Å²) in [6.07, 6.45) is 1.33. The van der Waals surface area contributed by atoms with Crippen LogP contribution in [0.2, 0.25) is 0 Å². The van der Waals surface area contributed by atoms with Crippen molar-refractivity contribution >= 4 is 9.84 Å². The molecule has 0 amide bonds. The number of benzene rings is 2. The van der Waals surface area contributed by atoms with E-state index in [-0.39, 0.29) is 0 Å². The molecule has 2 nitrogen and oxygen atoms in total. The number of hydrogen-bond donors (Lipinski definition) is 0. The van der Waals surface area contributed by atoms with Crippen molar-refractivity contribution in [3.63, 3.8) is 0 Å². The largest absolute Gasteiger partial charge is 0.354 e. The molecular formula is C21H22IO2S+. The molecule has 1 aliphatic rings. The van der Waals surface area contributed by atoms with Gasteiger partial charge in [-0.3, -0.25) is 0 Å². The lowest BCUT2D eigenvalue weighted by Gasteiger charge is -2.17. The average molecular weight is 465 g/mol. The first kappa shape index (κ1) is 18.4. The highest BCUT2D eigenvalue weighted by Gasteiger charge is 2.35. The van der Waals surface area contributed by atoms with E-state index < -0.39 is 31.0 Å². The lowest BCUT2D eigenvalue weighted by atomic mass is 10.00. The fraction of sp³-hybridized carbons (Fsp3) is 0.238. The first-order chi connectivity index (χ1) is 11.9. The highest BCUT2D eigenvalue weighted by molar-refractivity contribution is 7.95. The first-order valence-corrected chi connectivity index (χ1v) is 11.9. The lowest BCUT2D eigenvalue weighted by molar-refractivity contribution is -0.578. The fourth-order valence-corrected chi connectivity index (χ4v) is 8.22. The van der Waals surface area contributed by atoms with Crippen molar-refractivity contribution in [2.75, 3.05) is 0 Å². The topological polar surface area (TPSA) is 34.1 Å². The van der Waals surface area contributed by atoms with Crippen LogP contribution in [0.3, 0.4) is 0 Å². The molecule has 0 saturated carbocycles. The van der Waals surface area contributed by atoms with Gasteiger partial charge in [0.1, 0.15) is 4.91 Å². The van der Waals surface area contributed by atoms with Gasteiger partial charge in [0.2, 0.25) is 9.84 Å². The van der Waals surface area contributed by atoms with E-state index in [2.05, 4.69) is 26.0 Å². The Labute approximate surface area is 160 Å². The molecule has 4 heteroatoms. The highest BCUT2D eigenvalue weighted by atomic mass is 127. The Hall–Kier alpha value is -1.40. The van der Waals surface area contributed by atoms with Crippen LogP contribution in [0.25, 0.3) is 0 Å². The fourth-order valence-electron chi connectivity index (χ4n) is 2.77. The zero-order valence-corrected chi connectivity index (χ0v) is 17.7. The highest BCUT2D eigenvalue weighted by Crippen LogP contribution is 2.32. The third kappa shape index (κ3) is 4.06. The maximum Gasteiger partial charge on any atom is 0.354 e. The van der Waals surface area contributed by atoms with Crippen molar-refractivity contribution < 1.29 is 29.6 Å². The Bertz CT molecular complexity index is 937. The van der Waals surface area contributed by atoms with Crippen LogP contribution in [0.5, 0.6) is 0 Å². The molecule has 0 saturated heterocycles. The molecule has 0 radical (unpaired) electrons. The van der Waals surface area contributed by atoms with Crippen molar-refractivity contribution in [2.24, 2.45) is 0 Å². The molecule has 0 unspecified atom stereocenters. The summed E-state index contributed by atoms with van der Waals surface area (Å²) in [5.74, 6) is 0. The van der Waals surface area contributed by atoms with Crippen LogP contribution in [0, 0.1) is 10.5 Å². The number of halogens is 1. The van der Waals surface area contributed by atoms with E-state index in [1.165, 1.54) is 14.7 Å². The van der Waals surface area contributed by atoms with Gasteiger partial charge < -0.3 is 0 Å². The SMILES string of the molecule is CC1=C(C)CC(S(=O)(=O)c2ccc(C)cc2)=C([I+]c2ccccc2)C1. The predicted octanol–water partition coefficient (Wildman–Crippen LogP) is 2.07. The molecule has 130 valence electrons. The molecule has 1 aliphatic carbocycles. The molecule has 0 atom stereocenters. The van der Waals surface area contributed by atoms with Crippen molar-refractivity contribution in [1.82, 2.24) is 0 Å². The number of sulfone groups is 1. The summed E-state index contributed by atoms with van der Waals surface area (Å²) in [5.41, 5.74) is 3.57. The second-order valence-corrected chi connectivity index (χ2v) is 11.5. The number of aryl methyl sites for hydroxylation is 1. The minimum Gasteiger partial charge on any atom is -0.219 e. The molecule has 0 fully saturated rings. The van der Waals surface area contributed by atoms with E-state index in [4.69, 9.17) is 0 Å². The van der Waals surface area contributed by atoms with Gasteiger partial charge in [0.25, 0.3) is 0 Å². The van der Waals surface area contributed by atoms with Gasteiger partial charge in [-0.25, -0.2) is 8.42 Å². The average Bonchev–Trinajstić information content (AvgIpc) is 2.59. The van der Waals surface area contributed by atoms with Crippen molar-refractivity contribution in [3.05, 3.63) is 83.4 Å². The Morgan fingerprint density at radius 3 is 2.04 bits per heavy atom. The van der Waals surface area contributed by atoms with Crippen molar-refractivity contribution in [2.45, 2.75) is 38.5 Å². The van der Waals surface area contributed by atoms with E-state index in [1.54, 1.807) is 12.1 Å². The maximum atomic E-state index is 13.3.